The monoisotopic (exact) mass is 261 g/mol. The minimum Gasteiger partial charge on any atom is -0.478 e. The Morgan fingerprint density at radius 3 is 2.11 bits per heavy atom. The number of nitrogens with one attached hydrogen (secondary N) is 1. The third-order valence-corrected chi connectivity index (χ3v) is 2.28. The summed E-state index contributed by atoms with van der Waals surface area (Å²) in [5.74, 6) is -4.35. The van der Waals surface area contributed by atoms with Gasteiger partial charge in [0.15, 0.2) is 0 Å². The number of fused-ring (bicyclic) bond motifs is 1. The Hall–Kier alpha value is -3.03. The Balaban J connectivity index is 2.56. The van der Waals surface area contributed by atoms with E-state index in [1.807, 2.05) is 5.32 Å². The van der Waals surface area contributed by atoms with Gasteiger partial charge >= 0.3 is 17.8 Å². The zero-order chi connectivity index (χ0) is 14.0. The average molecular weight is 261 g/mol. The summed E-state index contributed by atoms with van der Waals surface area (Å²) in [5.41, 5.74) is 0.261. The molecule has 2 rings (SSSR count). The number of anilines is 1. The van der Waals surface area contributed by atoms with E-state index >= 15 is 0 Å². The van der Waals surface area contributed by atoms with E-state index < -0.39 is 17.8 Å². The van der Waals surface area contributed by atoms with Crippen LogP contribution in [0.15, 0.2) is 24.5 Å². The zero-order valence-electron chi connectivity index (χ0n) is 9.32. The highest BCUT2D eigenvalue weighted by molar-refractivity contribution is 6.37. The number of carbonyl (C=O) groups is 3. The number of carbonyl (C=O) groups excluding carboxylic acids is 1. The van der Waals surface area contributed by atoms with Crippen LogP contribution in [0.1, 0.15) is 10.4 Å². The van der Waals surface area contributed by atoms with Gasteiger partial charge in [0.05, 0.1) is 22.3 Å². The number of aromatic nitrogens is 2. The molecular weight excluding hydrogens is 254 g/mol. The Labute approximate surface area is 105 Å². The summed E-state index contributed by atoms with van der Waals surface area (Å²) in [6, 6.07) is 2.47. The topological polar surface area (TPSA) is 129 Å². The summed E-state index contributed by atoms with van der Waals surface area (Å²) < 4.78 is 0. The lowest BCUT2D eigenvalue weighted by Crippen LogP contribution is -2.23. The maximum Gasteiger partial charge on any atom is 0.394 e. The van der Waals surface area contributed by atoms with Crippen molar-refractivity contribution in [2.24, 2.45) is 0 Å². The number of nitrogens with zero attached hydrogens (tertiary/aromatic N) is 2. The molecule has 0 radical (unpaired) electrons. The minimum absolute atomic E-state index is 0.145. The second kappa shape index (κ2) is 4.69. The van der Waals surface area contributed by atoms with Crippen molar-refractivity contribution in [1.29, 1.82) is 0 Å². The molecule has 0 aliphatic rings. The van der Waals surface area contributed by atoms with Gasteiger partial charge in [0.2, 0.25) is 0 Å². The molecule has 96 valence electrons. The molecule has 0 atom stereocenters. The van der Waals surface area contributed by atoms with E-state index in [-0.39, 0.29) is 11.3 Å². The van der Waals surface area contributed by atoms with Gasteiger partial charge in [0.1, 0.15) is 0 Å². The molecule has 1 aromatic heterocycles. The van der Waals surface area contributed by atoms with Crippen molar-refractivity contribution in [1.82, 2.24) is 9.97 Å². The summed E-state index contributed by atoms with van der Waals surface area (Å²) in [6.45, 7) is 0. The molecule has 1 aromatic carbocycles. The second-order valence-corrected chi connectivity index (χ2v) is 3.51. The first kappa shape index (κ1) is 12.4. The first-order valence-corrected chi connectivity index (χ1v) is 5.01. The maximum absolute atomic E-state index is 11.1. The lowest BCUT2D eigenvalue weighted by atomic mass is 10.1. The quantitative estimate of drug-likeness (QED) is 0.665. The molecule has 0 bridgehead atoms. The summed E-state index contributed by atoms with van der Waals surface area (Å²) in [7, 11) is 0. The molecule has 3 N–H and O–H groups in total. The molecule has 8 nitrogen and oxygen atoms in total. The van der Waals surface area contributed by atoms with E-state index in [2.05, 4.69) is 9.97 Å². The SMILES string of the molecule is O=C(O)C(=O)Nc1cc2nccnc2cc1C(=O)O. The summed E-state index contributed by atoms with van der Waals surface area (Å²) in [6.07, 6.45) is 2.79. The molecule has 19 heavy (non-hydrogen) atoms. The van der Waals surface area contributed by atoms with Crippen LogP contribution in [-0.4, -0.2) is 38.0 Å². The highest BCUT2D eigenvalue weighted by Crippen LogP contribution is 2.21. The highest BCUT2D eigenvalue weighted by atomic mass is 16.4. The van der Waals surface area contributed by atoms with Gasteiger partial charge in [-0.05, 0) is 12.1 Å². The van der Waals surface area contributed by atoms with Gasteiger partial charge in [-0.15, -0.1) is 0 Å². The number of carboxylic acid groups (broad SMARTS) is 2. The van der Waals surface area contributed by atoms with Crippen molar-refractivity contribution in [3.63, 3.8) is 0 Å². The minimum atomic E-state index is -1.71. The number of aliphatic carboxylic acids is 1. The van der Waals surface area contributed by atoms with E-state index in [1.54, 1.807) is 0 Å². The van der Waals surface area contributed by atoms with Crippen LogP contribution in [0.25, 0.3) is 11.0 Å². The average Bonchev–Trinajstić information content (AvgIpc) is 2.37. The van der Waals surface area contributed by atoms with E-state index in [0.717, 1.165) is 0 Å². The number of carboxylic acids is 2. The van der Waals surface area contributed by atoms with Gasteiger partial charge in [-0.3, -0.25) is 14.8 Å². The fourth-order valence-electron chi connectivity index (χ4n) is 1.47. The van der Waals surface area contributed by atoms with Crippen LogP contribution in [0.5, 0.6) is 0 Å². The second-order valence-electron chi connectivity index (χ2n) is 3.51. The molecule has 0 saturated carbocycles. The van der Waals surface area contributed by atoms with Crippen molar-refractivity contribution in [2.45, 2.75) is 0 Å². The molecule has 0 fully saturated rings. The molecule has 0 spiro atoms. The molecule has 0 aliphatic heterocycles. The van der Waals surface area contributed by atoms with Crippen molar-refractivity contribution >= 4 is 34.6 Å². The Morgan fingerprint density at radius 2 is 1.58 bits per heavy atom. The van der Waals surface area contributed by atoms with Crippen LogP contribution >= 0.6 is 0 Å². The fraction of sp³-hybridized carbons (Fsp3) is 0. The first-order valence-electron chi connectivity index (χ1n) is 5.01. The smallest absolute Gasteiger partial charge is 0.394 e. The Morgan fingerprint density at radius 1 is 1.00 bits per heavy atom. The summed E-state index contributed by atoms with van der Waals surface area (Å²) in [4.78, 5) is 40.5. The molecule has 0 aliphatic carbocycles. The number of hydrogen-bond donors (Lipinski definition) is 3. The van der Waals surface area contributed by atoms with Crippen LogP contribution in [0.3, 0.4) is 0 Å². The predicted octanol–water partition coefficient (Wildman–Crippen LogP) is 0.351. The number of aromatic carboxylic acids is 1. The summed E-state index contributed by atoms with van der Waals surface area (Å²) >= 11 is 0. The van der Waals surface area contributed by atoms with Crippen LogP contribution in [0.4, 0.5) is 5.69 Å². The van der Waals surface area contributed by atoms with Crippen LogP contribution in [0.2, 0.25) is 0 Å². The highest BCUT2D eigenvalue weighted by Gasteiger charge is 2.18. The number of hydrogen-bond acceptors (Lipinski definition) is 5. The van der Waals surface area contributed by atoms with Crippen LogP contribution in [-0.2, 0) is 9.59 Å². The molecular formula is C11H7N3O5. The third-order valence-electron chi connectivity index (χ3n) is 2.28. The lowest BCUT2D eigenvalue weighted by Gasteiger charge is -2.07. The standard InChI is InChI=1S/C11H7N3O5/c15-9(11(18)19)14-6-4-8-7(12-1-2-13-8)3-5(6)10(16)17/h1-4H,(H,14,15)(H,16,17)(H,18,19). The normalized spacial score (nSPS) is 10.1. The largest absolute Gasteiger partial charge is 0.478 e. The lowest BCUT2D eigenvalue weighted by molar-refractivity contribution is -0.147. The van der Waals surface area contributed by atoms with Gasteiger partial charge in [-0.25, -0.2) is 9.59 Å². The van der Waals surface area contributed by atoms with Crippen LogP contribution in [0, 0.1) is 0 Å². The molecule has 1 heterocycles. The van der Waals surface area contributed by atoms with Gasteiger partial charge in [0, 0.05) is 12.4 Å². The number of rotatable bonds is 2. The van der Waals surface area contributed by atoms with E-state index in [0.29, 0.717) is 11.0 Å². The Kier molecular flexibility index (Phi) is 3.06. The maximum atomic E-state index is 11.1. The summed E-state index contributed by atoms with van der Waals surface area (Å²) in [5, 5.41) is 19.5. The first-order chi connectivity index (χ1) is 8.99. The van der Waals surface area contributed by atoms with Gasteiger partial charge in [0.25, 0.3) is 0 Å². The fourth-order valence-corrected chi connectivity index (χ4v) is 1.47. The van der Waals surface area contributed by atoms with E-state index in [1.165, 1.54) is 24.5 Å². The van der Waals surface area contributed by atoms with Crippen molar-refractivity contribution in [3.8, 4) is 0 Å². The van der Waals surface area contributed by atoms with Gasteiger partial charge in [-0.1, -0.05) is 0 Å². The molecule has 1 amide bonds. The van der Waals surface area contributed by atoms with Crippen molar-refractivity contribution < 1.29 is 24.6 Å². The van der Waals surface area contributed by atoms with E-state index in [9.17, 15) is 14.4 Å². The zero-order valence-corrected chi connectivity index (χ0v) is 9.32. The molecule has 0 saturated heterocycles. The third kappa shape index (κ3) is 2.46. The van der Waals surface area contributed by atoms with Gasteiger partial charge in [-0.2, -0.15) is 0 Å². The number of amides is 1. The van der Waals surface area contributed by atoms with Crippen LogP contribution < -0.4 is 5.32 Å². The Bertz CT molecular complexity index is 698. The van der Waals surface area contributed by atoms with Gasteiger partial charge < -0.3 is 15.5 Å². The predicted molar refractivity (Wildman–Crippen MR) is 62.8 cm³/mol. The molecule has 0 unspecified atom stereocenters. The van der Waals surface area contributed by atoms with Crippen molar-refractivity contribution in [2.75, 3.05) is 5.32 Å². The molecule has 2 aromatic rings. The molecule has 8 heteroatoms. The van der Waals surface area contributed by atoms with E-state index in [4.69, 9.17) is 10.2 Å². The number of benzene rings is 1. The van der Waals surface area contributed by atoms with Crippen molar-refractivity contribution in [3.05, 3.63) is 30.1 Å².